The lowest BCUT2D eigenvalue weighted by atomic mass is 10.0. The first-order valence-electron chi connectivity index (χ1n) is 6.47. The molecule has 0 aromatic carbocycles. The second-order valence-electron chi connectivity index (χ2n) is 4.57. The van der Waals surface area contributed by atoms with Crippen LogP contribution in [0.15, 0.2) is 15.7 Å². The summed E-state index contributed by atoms with van der Waals surface area (Å²) in [6, 6.07) is 1.29. The highest BCUT2D eigenvalue weighted by Crippen LogP contribution is 2.13. The standard InChI is InChI=1S/C12H18N4O3/c1-2-16(8-3-5-13-6-4-8)11(18)9-7-10(17)15-12(19)14-9/h7-8,13H,2-6H2,1H3,(H2,14,15,17,19). The molecule has 0 aliphatic carbocycles. The van der Waals surface area contributed by atoms with Crippen LogP contribution in [0.5, 0.6) is 0 Å². The molecular weight excluding hydrogens is 248 g/mol. The predicted molar refractivity (Wildman–Crippen MR) is 70.3 cm³/mol. The van der Waals surface area contributed by atoms with Gasteiger partial charge in [0.15, 0.2) is 0 Å². The summed E-state index contributed by atoms with van der Waals surface area (Å²) >= 11 is 0. The van der Waals surface area contributed by atoms with Gasteiger partial charge < -0.3 is 15.2 Å². The highest BCUT2D eigenvalue weighted by molar-refractivity contribution is 5.92. The van der Waals surface area contributed by atoms with Gasteiger partial charge in [-0.15, -0.1) is 0 Å². The number of aromatic nitrogens is 2. The number of amides is 1. The van der Waals surface area contributed by atoms with Gasteiger partial charge in [0.05, 0.1) is 0 Å². The summed E-state index contributed by atoms with van der Waals surface area (Å²) < 4.78 is 0. The molecule has 1 saturated heterocycles. The normalized spacial score (nSPS) is 16.3. The Bertz CT molecular complexity index is 528. The van der Waals surface area contributed by atoms with Crippen LogP contribution in [0, 0.1) is 0 Å². The number of aromatic amines is 2. The second kappa shape index (κ2) is 5.83. The van der Waals surface area contributed by atoms with Gasteiger partial charge in [0.2, 0.25) is 0 Å². The zero-order valence-electron chi connectivity index (χ0n) is 10.9. The van der Waals surface area contributed by atoms with E-state index in [2.05, 4.69) is 15.3 Å². The first kappa shape index (κ1) is 13.5. The van der Waals surface area contributed by atoms with Crippen molar-refractivity contribution in [3.05, 3.63) is 32.6 Å². The molecule has 3 N–H and O–H groups in total. The molecule has 0 spiro atoms. The quantitative estimate of drug-likeness (QED) is 0.672. The summed E-state index contributed by atoms with van der Waals surface area (Å²) in [7, 11) is 0. The fraction of sp³-hybridized carbons (Fsp3) is 0.583. The molecule has 0 saturated carbocycles. The van der Waals surface area contributed by atoms with Crippen molar-refractivity contribution in [1.29, 1.82) is 0 Å². The molecule has 1 aromatic heterocycles. The lowest BCUT2D eigenvalue weighted by Crippen LogP contribution is -2.46. The van der Waals surface area contributed by atoms with Crippen LogP contribution in [0.2, 0.25) is 0 Å². The van der Waals surface area contributed by atoms with E-state index in [9.17, 15) is 14.4 Å². The summed E-state index contributed by atoms with van der Waals surface area (Å²) in [4.78, 5) is 41.0. The van der Waals surface area contributed by atoms with Crippen LogP contribution in [0.3, 0.4) is 0 Å². The summed E-state index contributed by atoms with van der Waals surface area (Å²) in [5.41, 5.74) is -1.17. The molecule has 0 radical (unpaired) electrons. The zero-order valence-corrected chi connectivity index (χ0v) is 10.9. The van der Waals surface area contributed by atoms with E-state index < -0.39 is 11.2 Å². The summed E-state index contributed by atoms with van der Waals surface area (Å²) in [6.07, 6.45) is 1.76. The molecule has 7 nitrogen and oxygen atoms in total. The van der Waals surface area contributed by atoms with Gasteiger partial charge in [0.25, 0.3) is 11.5 Å². The van der Waals surface area contributed by atoms with Gasteiger partial charge in [-0.3, -0.25) is 14.6 Å². The van der Waals surface area contributed by atoms with Gasteiger partial charge in [0.1, 0.15) is 5.69 Å². The minimum atomic E-state index is -0.655. The van der Waals surface area contributed by atoms with E-state index in [1.54, 1.807) is 4.90 Å². The van der Waals surface area contributed by atoms with Gasteiger partial charge >= 0.3 is 5.69 Å². The average Bonchev–Trinajstić information content (AvgIpc) is 2.39. The Hall–Kier alpha value is -1.89. The minimum Gasteiger partial charge on any atom is -0.335 e. The average molecular weight is 266 g/mol. The van der Waals surface area contributed by atoms with E-state index in [1.807, 2.05) is 6.92 Å². The van der Waals surface area contributed by atoms with E-state index in [0.717, 1.165) is 32.0 Å². The Kier molecular flexibility index (Phi) is 4.16. The van der Waals surface area contributed by atoms with Gasteiger partial charge in [-0.1, -0.05) is 0 Å². The van der Waals surface area contributed by atoms with Crippen LogP contribution in [0.1, 0.15) is 30.3 Å². The van der Waals surface area contributed by atoms with Crippen LogP contribution >= 0.6 is 0 Å². The molecule has 2 heterocycles. The third kappa shape index (κ3) is 3.11. The SMILES string of the molecule is CCN(C(=O)c1cc(=O)[nH]c(=O)[nH]1)C1CCNCC1. The van der Waals surface area contributed by atoms with Crippen molar-refractivity contribution < 1.29 is 4.79 Å². The minimum absolute atomic E-state index is 0.0501. The summed E-state index contributed by atoms with van der Waals surface area (Å²) in [5.74, 6) is -0.294. The fourth-order valence-corrected chi connectivity index (χ4v) is 2.42. The van der Waals surface area contributed by atoms with Crippen molar-refractivity contribution in [3.8, 4) is 0 Å². The van der Waals surface area contributed by atoms with Crippen LogP contribution in [-0.4, -0.2) is 46.5 Å². The van der Waals surface area contributed by atoms with Crippen molar-refractivity contribution >= 4 is 5.91 Å². The molecule has 0 bridgehead atoms. The Morgan fingerprint density at radius 1 is 1.32 bits per heavy atom. The number of nitrogens with one attached hydrogen (secondary N) is 3. The summed E-state index contributed by atoms with van der Waals surface area (Å²) in [6.45, 7) is 4.20. The van der Waals surface area contributed by atoms with E-state index in [1.165, 1.54) is 0 Å². The largest absolute Gasteiger partial charge is 0.335 e. The van der Waals surface area contributed by atoms with Gasteiger partial charge in [0, 0.05) is 18.7 Å². The van der Waals surface area contributed by atoms with Crippen LogP contribution in [-0.2, 0) is 0 Å². The molecule has 7 heteroatoms. The molecule has 104 valence electrons. The Labute approximate surface area is 110 Å². The van der Waals surface area contributed by atoms with Crippen molar-refractivity contribution in [1.82, 2.24) is 20.2 Å². The Balaban J connectivity index is 2.24. The van der Waals surface area contributed by atoms with Crippen molar-refractivity contribution in [2.75, 3.05) is 19.6 Å². The van der Waals surface area contributed by atoms with Crippen molar-refractivity contribution in [3.63, 3.8) is 0 Å². The first-order chi connectivity index (χ1) is 9.11. The molecule has 2 rings (SSSR count). The Morgan fingerprint density at radius 3 is 2.58 bits per heavy atom. The molecule has 1 aromatic rings. The molecule has 0 unspecified atom stereocenters. The van der Waals surface area contributed by atoms with E-state index in [4.69, 9.17) is 0 Å². The maximum Gasteiger partial charge on any atom is 0.326 e. The molecule has 19 heavy (non-hydrogen) atoms. The highest BCUT2D eigenvalue weighted by atomic mass is 16.2. The van der Waals surface area contributed by atoms with Gasteiger partial charge in [-0.2, -0.15) is 0 Å². The van der Waals surface area contributed by atoms with Crippen molar-refractivity contribution in [2.45, 2.75) is 25.8 Å². The fourth-order valence-electron chi connectivity index (χ4n) is 2.42. The number of piperidine rings is 1. The monoisotopic (exact) mass is 266 g/mol. The van der Waals surface area contributed by atoms with Gasteiger partial charge in [-0.05, 0) is 32.9 Å². The smallest absolute Gasteiger partial charge is 0.326 e. The number of hydrogen-bond donors (Lipinski definition) is 3. The van der Waals surface area contributed by atoms with Gasteiger partial charge in [-0.25, -0.2) is 4.79 Å². The number of nitrogens with zero attached hydrogens (tertiary/aromatic N) is 1. The molecule has 1 fully saturated rings. The number of H-pyrrole nitrogens is 2. The Morgan fingerprint density at radius 2 is 2.00 bits per heavy atom. The third-order valence-corrected chi connectivity index (χ3v) is 3.34. The van der Waals surface area contributed by atoms with E-state index in [-0.39, 0.29) is 17.6 Å². The number of carbonyl (C=O) groups is 1. The number of hydrogen-bond acceptors (Lipinski definition) is 4. The maximum absolute atomic E-state index is 12.4. The number of carbonyl (C=O) groups excluding carboxylic acids is 1. The van der Waals surface area contributed by atoms with Crippen LogP contribution in [0.4, 0.5) is 0 Å². The van der Waals surface area contributed by atoms with E-state index >= 15 is 0 Å². The second-order valence-corrected chi connectivity index (χ2v) is 4.57. The molecular formula is C12H18N4O3. The number of rotatable bonds is 3. The maximum atomic E-state index is 12.4. The lowest BCUT2D eigenvalue weighted by Gasteiger charge is -2.33. The highest BCUT2D eigenvalue weighted by Gasteiger charge is 2.25. The zero-order chi connectivity index (χ0) is 13.8. The first-order valence-corrected chi connectivity index (χ1v) is 6.47. The van der Waals surface area contributed by atoms with Crippen LogP contribution < -0.4 is 16.6 Å². The molecule has 1 amide bonds. The van der Waals surface area contributed by atoms with Crippen LogP contribution in [0.25, 0.3) is 0 Å². The molecule has 1 aliphatic rings. The van der Waals surface area contributed by atoms with E-state index in [0.29, 0.717) is 6.54 Å². The van der Waals surface area contributed by atoms with Crippen molar-refractivity contribution in [2.24, 2.45) is 0 Å². The topological polar surface area (TPSA) is 98.1 Å². The molecule has 1 aliphatic heterocycles. The third-order valence-electron chi connectivity index (χ3n) is 3.34. The molecule has 0 atom stereocenters. The summed E-state index contributed by atoms with van der Waals surface area (Å²) in [5, 5.41) is 3.24. The lowest BCUT2D eigenvalue weighted by molar-refractivity contribution is 0.0649. The predicted octanol–water partition coefficient (Wildman–Crippen LogP) is -0.723.